The number of hydrogen-bond acceptors (Lipinski definition) is 4. The average molecular weight is 333 g/mol. The highest BCUT2D eigenvalue weighted by atomic mass is 79.9. The predicted octanol–water partition coefficient (Wildman–Crippen LogP) is 3.14. The zero-order chi connectivity index (χ0) is 15.1. The monoisotopic (exact) mass is 332 g/mol. The number of carbonyl (C=O) groups is 1. The Kier molecular flexibility index (Phi) is 7.06. The van der Waals surface area contributed by atoms with Crippen LogP contribution in [0.2, 0.25) is 0 Å². The van der Waals surface area contributed by atoms with Crippen LogP contribution in [-0.2, 0) is 4.74 Å². The van der Waals surface area contributed by atoms with Crippen LogP contribution in [0.25, 0.3) is 0 Å². The minimum Gasteiger partial charge on any atom is -0.444 e. The van der Waals surface area contributed by atoms with Crippen LogP contribution < -0.4 is 5.32 Å². The van der Waals surface area contributed by atoms with Gasteiger partial charge in [0.15, 0.2) is 0 Å². The van der Waals surface area contributed by atoms with E-state index in [0.717, 1.165) is 6.08 Å². The normalized spacial score (nSPS) is 12.8. The summed E-state index contributed by atoms with van der Waals surface area (Å²) in [4.78, 5) is 21.8. The molecule has 0 saturated heterocycles. The summed E-state index contributed by atoms with van der Waals surface area (Å²) in [7, 11) is 0. The fourth-order valence-corrected chi connectivity index (χ4v) is 1.24. The van der Waals surface area contributed by atoms with Gasteiger partial charge in [-0.25, -0.2) is 4.79 Å². The van der Waals surface area contributed by atoms with Gasteiger partial charge in [-0.05, 0) is 26.8 Å². The molecule has 6 nitrogen and oxygen atoms in total. The molecule has 0 bridgehead atoms. The fraction of sp³-hybridized carbons (Fsp3) is 0.417. The van der Waals surface area contributed by atoms with Crippen LogP contribution in [0.3, 0.4) is 0 Å². The first-order valence-electron chi connectivity index (χ1n) is 5.45. The van der Waals surface area contributed by atoms with Gasteiger partial charge in [0.25, 0.3) is 5.70 Å². The van der Waals surface area contributed by atoms with Crippen LogP contribution in [0.1, 0.15) is 20.8 Å². The van der Waals surface area contributed by atoms with Gasteiger partial charge < -0.3 is 4.74 Å². The Labute approximate surface area is 120 Å². The molecule has 1 N–H and O–H groups in total. The highest BCUT2D eigenvalue weighted by Gasteiger charge is 2.20. The summed E-state index contributed by atoms with van der Waals surface area (Å²) in [6.07, 6.45) is 3.33. The van der Waals surface area contributed by atoms with Gasteiger partial charge in [0, 0.05) is 11.4 Å². The molecule has 0 atom stereocenters. The number of amides is 1. The molecule has 19 heavy (non-hydrogen) atoms. The molecule has 1 amide bonds. The third kappa shape index (κ3) is 7.40. The summed E-state index contributed by atoms with van der Waals surface area (Å²) in [6.45, 7) is 8.46. The van der Waals surface area contributed by atoms with E-state index in [1.165, 1.54) is 6.08 Å². The molecular formula is C12H17BrN2O4. The second-order valence-electron chi connectivity index (χ2n) is 4.44. The van der Waals surface area contributed by atoms with Gasteiger partial charge in [-0.2, -0.15) is 0 Å². The zero-order valence-corrected chi connectivity index (χ0v) is 12.7. The SMILES string of the molecule is C=C/C(=C(\C=C/CBr)NC(=O)OC(C)(C)C)[N+](=O)[O-]. The number of alkyl halides is 1. The molecule has 0 aliphatic rings. The van der Waals surface area contributed by atoms with Crippen LogP contribution in [0.15, 0.2) is 36.2 Å². The van der Waals surface area contributed by atoms with Gasteiger partial charge in [-0.15, -0.1) is 0 Å². The standard InChI is InChI=1S/C12H17BrN2O4/c1-5-10(15(17)18)9(7-6-8-13)14-11(16)19-12(2,3)4/h5-7H,1,8H2,2-4H3,(H,14,16)/b7-6-,10-9-. The lowest BCUT2D eigenvalue weighted by atomic mass is 10.2. The van der Waals surface area contributed by atoms with Crippen LogP contribution >= 0.6 is 15.9 Å². The van der Waals surface area contributed by atoms with E-state index in [0.29, 0.717) is 5.33 Å². The topological polar surface area (TPSA) is 81.5 Å². The quantitative estimate of drug-likeness (QED) is 0.363. The number of hydrogen-bond donors (Lipinski definition) is 1. The first-order valence-corrected chi connectivity index (χ1v) is 6.57. The number of allylic oxidation sites excluding steroid dienone is 3. The molecule has 7 heteroatoms. The Morgan fingerprint density at radius 1 is 1.53 bits per heavy atom. The molecular weight excluding hydrogens is 316 g/mol. The molecule has 0 heterocycles. The number of alkyl carbamates (subject to hydrolysis) is 1. The van der Waals surface area contributed by atoms with Gasteiger partial charge >= 0.3 is 6.09 Å². The van der Waals surface area contributed by atoms with Gasteiger partial charge in [-0.3, -0.25) is 15.4 Å². The van der Waals surface area contributed by atoms with E-state index in [2.05, 4.69) is 27.8 Å². The molecule has 0 saturated carbocycles. The Balaban J connectivity index is 5.19. The van der Waals surface area contributed by atoms with Crippen molar-refractivity contribution in [3.63, 3.8) is 0 Å². The largest absolute Gasteiger partial charge is 0.444 e. The zero-order valence-electron chi connectivity index (χ0n) is 11.1. The lowest BCUT2D eigenvalue weighted by Crippen LogP contribution is -2.32. The number of carbonyl (C=O) groups excluding carboxylic acids is 1. The highest BCUT2D eigenvalue weighted by Crippen LogP contribution is 2.10. The van der Waals surface area contributed by atoms with Gasteiger partial charge in [0.1, 0.15) is 11.3 Å². The molecule has 0 unspecified atom stereocenters. The van der Waals surface area contributed by atoms with Crippen molar-refractivity contribution >= 4 is 22.0 Å². The average Bonchev–Trinajstić information content (AvgIpc) is 2.23. The van der Waals surface area contributed by atoms with Crippen molar-refractivity contribution in [1.29, 1.82) is 0 Å². The van der Waals surface area contributed by atoms with Crippen LogP contribution in [0.5, 0.6) is 0 Å². The maximum atomic E-state index is 11.6. The first kappa shape index (κ1) is 17.4. The molecule has 0 fully saturated rings. The minimum atomic E-state index is -0.761. The molecule has 0 spiro atoms. The molecule has 106 valence electrons. The Bertz CT molecular complexity index is 422. The van der Waals surface area contributed by atoms with Crippen LogP contribution in [-0.4, -0.2) is 21.9 Å². The van der Waals surface area contributed by atoms with Crippen molar-refractivity contribution in [2.24, 2.45) is 0 Å². The summed E-state index contributed by atoms with van der Waals surface area (Å²) in [5, 5.41) is 13.7. The van der Waals surface area contributed by atoms with Gasteiger partial charge in [-0.1, -0.05) is 28.6 Å². The van der Waals surface area contributed by atoms with Crippen LogP contribution in [0.4, 0.5) is 4.79 Å². The van der Waals surface area contributed by atoms with E-state index >= 15 is 0 Å². The van der Waals surface area contributed by atoms with E-state index in [1.807, 2.05) is 0 Å². The van der Waals surface area contributed by atoms with Gasteiger partial charge in [0.05, 0.1) is 4.92 Å². The summed E-state index contributed by atoms with van der Waals surface area (Å²) in [5.74, 6) is 0. The molecule has 0 aliphatic heterocycles. The molecule has 0 radical (unpaired) electrons. The summed E-state index contributed by atoms with van der Waals surface area (Å²) in [5.41, 5.74) is -0.964. The van der Waals surface area contributed by atoms with E-state index in [-0.39, 0.29) is 11.4 Å². The molecule has 0 rings (SSSR count). The number of nitrogens with one attached hydrogen (secondary N) is 1. The number of rotatable bonds is 5. The van der Waals surface area contributed by atoms with Crippen molar-refractivity contribution in [2.45, 2.75) is 26.4 Å². The van der Waals surface area contributed by atoms with E-state index < -0.39 is 16.6 Å². The molecule has 0 aromatic carbocycles. The Hall–Kier alpha value is -1.63. The highest BCUT2D eigenvalue weighted by molar-refractivity contribution is 9.09. The Morgan fingerprint density at radius 2 is 2.11 bits per heavy atom. The van der Waals surface area contributed by atoms with Crippen molar-refractivity contribution in [3.05, 3.63) is 46.3 Å². The second kappa shape index (κ2) is 7.73. The maximum absolute atomic E-state index is 11.6. The Morgan fingerprint density at radius 3 is 2.47 bits per heavy atom. The lowest BCUT2D eigenvalue weighted by molar-refractivity contribution is -0.420. The van der Waals surface area contributed by atoms with Crippen molar-refractivity contribution < 1.29 is 14.5 Å². The van der Waals surface area contributed by atoms with E-state index in [1.54, 1.807) is 26.8 Å². The number of halogens is 1. The molecule has 0 aromatic rings. The summed E-state index contributed by atoms with van der Waals surface area (Å²) in [6, 6.07) is 0. The number of nitrogens with zero attached hydrogens (tertiary/aromatic N) is 1. The summed E-state index contributed by atoms with van der Waals surface area (Å²) < 4.78 is 5.04. The first-order chi connectivity index (χ1) is 8.71. The third-order valence-electron chi connectivity index (χ3n) is 1.68. The minimum absolute atomic E-state index is 0.0219. The molecule has 0 aliphatic carbocycles. The smallest absolute Gasteiger partial charge is 0.412 e. The molecule has 0 aromatic heterocycles. The second-order valence-corrected chi connectivity index (χ2v) is 5.09. The van der Waals surface area contributed by atoms with Crippen molar-refractivity contribution in [2.75, 3.05) is 5.33 Å². The predicted molar refractivity (Wildman–Crippen MR) is 76.5 cm³/mol. The lowest BCUT2D eigenvalue weighted by Gasteiger charge is -2.19. The number of nitro groups is 1. The van der Waals surface area contributed by atoms with E-state index in [4.69, 9.17) is 4.74 Å². The third-order valence-corrected chi connectivity index (χ3v) is 2.05. The summed E-state index contributed by atoms with van der Waals surface area (Å²) >= 11 is 3.15. The van der Waals surface area contributed by atoms with Crippen molar-refractivity contribution in [3.8, 4) is 0 Å². The fourth-order valence-electron chi connectivity index (χ4n) is 1.05. The van der Waals surface area contributed by atoms with E-state index in [9.17, 15) is 14.9 Å². The number of ether oxygens (including phenoxy) is 1. The maximum Gasteiger partial charge on any atom is 0.412 e. The van der Waals surface area contributed by atoms with Crippen molar-refractivity contribution in [1.82, 2.24) is 5.32 Å². The van der Waals surface area contributed by atoms with Crippen LogP contribution in [0, 0.1) is 10.1 Å². The van der Waals surface area contributed by atoms with Gasteiger partial charge in [0.2, 0.25) is 0 Å².